The molecule has 0 saturated heterocycles. The zero-order chi connectivity index (χ0) is 14.8. The van der Waals surface area contributed by atoms with Gasteiger partial charge in [-0.05, 0) is 37.0 Å². The van der Waals surface area contributed by atoms with E-state index in [1.54, 1.807) is 7.11 Å². The third-order valence-corrected chi connectivity index (χ3v) is 3.86. The van der Waals surface area contributed by atoms with Crippen molar-refractivity contribution in [2.75, 3.05) is 7.11 Å². The van der Waals surface area contributed by atoms with Crippen LogP contribution in [0.1, 0.15) is 24.6 Å². The maximum atomic E-state index is 5.92. The Labute approximate surface area is 128 Å². The van der Waals surface area contributed by atoms with E-state index in [0.29, 0.717) is 10.9 Å². The summed E-state index contributed by atoms with van der Waals surface area (Å²) in [4.78, 5) is 4.97. The quantitative estimate of drug-likeness (QED) is 0.794. The average molecular weight is 302 g/mol. The molecule has 1 aromatic carbocycles. The SMILES string of the molecule is CO/N=C1/C[C@H](C)Cc2nnc(-c3ccc(Cl)cc3)cc21. The van der Waals surface area contributed by atoms with Crippen LogP contribution in [-0.2, 0) is 11.3 Å². The van der Waals surface area contributed by atoms with Gasteiger partial charge >= 0.3 is 0 Å². The standard InChI is InChI=1S/C16H16ClN3O/c1-10-7-15-13(16(8-10)20-21-2)9-14(18-19-15)11-3-5-12(17)6-4-11/h3-6,9-10H,7-8H2,1-2H3/b20-16-/t10-/m1/s1. The molecule has 0 aliphatic heterocycles. The molecule has 0 bridgehead atoms. The van der Waals surface area contributed by atoms with E-state index in [2.05, 4.69) is 22.3 Å². The molecule has 5 heteroatoms. The minimum atomic E-state index is 0.502. The molecule has 1 heterocycles. The van der Waals surface area contributed by atoms with Gasteiger partial charge in [0.1, 0.15) is 7.11 Å². The molecule has 1 aromatic heterocycles. The van der Waals surface area contributed by atoms with E-state index >= 15 is 0 Å². The van der Waals surface area contributed by atoms with Crippen molar-refractivity contribution in [1.29, 1.82) is 0 Å². The predicted octanol–water partition coefficient (Wildman–Crippen LogP) is 3.73. The van der Waals surface area contributed by atoms with Gasteiger partial charge in [0.25, 0.3) is 0 Å². The van der Waals surface area contributed by atoms with E-state index < -0.39 is 0 Å². The van der Waals surface area contributed by atoms with Crippen LogP contribution in [-0.4, -0.2) is 23.0 Å². The highest BCUT2D eigenvalue weighted by atomic mass is 35.5. The van der Waals surface area contributed by atoms with Gasteiger partial charge in [-0.2, -0.15) is 10.2 Å². The summed E-state index contributed by atoms with van der Waals surface area (Å²) in [5.74, 6) is 0.502. The maximum absolute atomic E-state index is 5.92. The molecule has 0 saturated carbocycles. The Morgan fingerprint density at radius 2 is 1.95 bits per heavy atom. The molecule has 1 aliphatic rings. The van der Waals surface area contributed by atoms with Gasteiger partial charge in [0.2, 0.25) is 0 Å². The number of hydrogen-bond donors (Lipinski definition) is 0. The number of oxime groups is 1. The van der Waals surface area contributed by atoms with E-state index in [1.807, 2.05) is 30.3 Å². The summed E-state index contributed by atoms with van der Waals surface area (Å²) in [6.07, 6.45) is 1.82. The van der Waals surface area contributed by atoms with E-state index in [1.165, 1.54) is 0 Å². The van der Waals surface area contributed by atoms with Crippen LogP contribution in [0.25, 0.3) is 11.3 Å². The molecule has 3 rings (SSSR count). The highest BCUT2D eigenvalue weighted by Gasteiger charge is 2.23. The molecular weight excluding hydrogens is 286 g/mol. The van der Waals surface area contributed by atoms with Crippen LogP contribution in [0.5, 0.6) is 0 Å². The third-order valence-electron chi connectivity index (χ3n) is 3.61. The van der Waals surface area contributed by atoms with Crippen LogP contribution in [0.15, 0.2) is 35.5 Å². The van der Waals surface area contributed by atoms with Gasteiger partial charge in [-0.25, -0.2) is 0 Å². The molecule has 0 amide bonds. The molecule has 4 nitrogen and oxygen atoms in total. The Balaban J connectivity index is 2.05. The Hall–Kier alpha value is -1.94. The van der Waals surface area contributed by atoms with Crippen LogP contribution >= 0.6 is 11.6 Å². The lowest BCUT2D eigenvalue weighted by atomic mass is 9.86. The second kappa shape index (κ2) is 5.82. The molecule has 0 fully saturated rings. The lowest BCUT2D eigenvalue weighted by molar-refractivity contribution is 0.212. The van der Waals surface area contributed by atoms with Crippen LogP contribution in [0.4, 0.5) is 0 Å². The normalized spacial score (nSPS) is 19.4. The van der Waals surface area contributed by atoms with E-state index in [0.717, 1.165) is 41.1 Å². The monoisotopic (exact) mass is 301 g/mol. The molecule has 1 atom stereocenters. The van der Waals surface area contributed by atoms with Gasteiger partial charge in [0, 0.05) is 16.1 Å². The number of hydrogen-bond acceptors (Lipinski definition) is 4. The van der Waals surface area contributed by atoms with Gasteiger partial charge in [0.15, 0.2) is 0 Å². The number of rotatable bonds is 2. The first kappa shape index (κ1) is 14.0. The highest BCUT2D eigenvalue weighted by molar-refractivity contribution is 6.30. The second-order valence-electron chi connectivity index (χ2n) is 5.33. The summed E-state index contributed by atoms with van der Waals surface area (Å²) < 4.78 is 0. The Kier molecular flexibility index (Phi) is 3.88. The van der Waals surface area contributed by atoms with Crippen LogP contribution in [0.2, 0.25) is 5.02 Å². The molecule has 0 radical (unpaired) electrons. The summed E-state index contributed by atoms with van der Waals surface area (Å²) in [5.41, 5.74) is 4.78. The first-order chi connectivity index (χ1) is 10.2. The van der Waals surface area contributed by atoms with Gasteiger partial charge in [0.05, 0.1) is 17.1 Å². The molecule has 1 aliphatic carbocycles. The van der Waals surface area contributed by atoms with Gasteiger partial charge in [-0.1, -0.05) is 35.8 Å². The molecule has 21 heavy (non-hydrogen) atoms. The van der Waals surface area contributed by atoms with Crippen LogP contribution < -0.4 is 0 Å². The summed E-state index contributed by atoms with van der Waals surface area (Å²) in [6.45, 7) is 2.18. The number of fused-ring (bicyclic) bond motifs is 1. The van der Waals surface area contributed by atoms with Crippen molar-refractivity contribution < 1.29 is 4.84 Å². The fraction of sp³-hybridized carbons (Fsp3) is 0.312. The van der Waals surface area contributed by atoms with Crippen molar-refractivity contribution in [2.24, 2.45) is 11.1 Å². The minimum Gasteiger partial charge on any atom is -0.399 e. The fourth-order valence-electron chi connectivity index (χ4n) is 2.62. The number of benzene rings is 1. The summed E-state index contributed by atoms with van der Waals surface area (Å²) in [5, 5.41) is 13.6. The smallest absolute Gasteiger partial charge is 0.106 e. The zero-order valence-electron chi connectivity index (χ0n) is 12.0. The Morgan fingerprint density at radius 3 is 2.67 bits per heavy atom. The minimum absolute atomic E-state index is 0.502. The van der Waals surface area contributed by atoms with E-state index in [-0.39, 0.29) is 0 Å². The molecule has 0 N–H and O–H groups in total. The van der Waals surface area contributed by atoms with Gasteiger partial charge < -0.3 is 4.84 Å². The highest BCUT2D eigenvalue weighted by Crippen LogP contribution is 2.27. The van der Waals surface area contributed by atoms with E-state index in [9.17, 15) is 0 Å². The maximum Gasteiger partial charge on any atom is 0.106 e. The molecule has 0 spiro atoms. The predicted molar refractivity (Wildman–Crippen MR) is 83.5 cm³/mol. The Bertz CT molecular complexity index is 682. The third kappa shape index (κ3) is 2.90. The lowest BCUT2D eigenvalue weighted by Crippen LogP contribution is -2.21. The lowest BCUT2D eigenvalue weighted by Gasteiger charge is -2.21. The summed E-state index contributed by atoms with van der Waals surface area (Å²) in [6, 6.07) is 9.62. The first-order valence-corrected chi connectivity index (χ1v) is 7.28. The Morgan fingerprint density at radius 1 is 1.19 bits per heavy atom. The average Bonchev–Trinajstić information content (AvgIpc) is 2.48. The number of nitrogens with zero attached hydrogens (tertiary/aromatic N) is 3. The topological polar surface area (TPSA) is 47.4 Å². The number of halogens is 1. The molecule has 108 valence electrons. The van der Waals surface area contributed by atoms with Crippen molar-refractivity contribution in [1.82, 2.24) is 10.2 Å². The summed E-state index contributed by atoms with van der Waals surface area (Å²) >= 11 is 5.92. The van der Waals surface area contributed by atoms with Gasteiger partial charge in [-0.3, -0.25) is 0 Å². The van der Waals surface area contributed by atoms with Crippen molar-refractivity contribution in [2.45, 2.75) is 19.8 Å². The largest absolute Gasteiger partial charge is 0.399 e. The van der Waals surface area contributed by atoms with Crippen molar-refractivity contribution in [3.05, 3.63) is 46.6 Å². The molecule has 0 unspecified atom stereocenters. The van der Waals surface area contributed by atoms with Gasteiger partial charge in [-0.15, -0.1) is 0 Å². The summed E-state index contributed by atoms with van der Waals surface area (Å²) in [7, 11) is 1.57. The number of aromatic nitrogens is 2. The second-order valence-corrected chi connectivity index (χ2v) is 5.77. The van der Waals surface area contributed by atoms with Crippen LogP contribution in [0, 0.1) is 5.92 Å². The fourth-order valence-corrected chi connectivity index (χ4v) is 2.74. The van der Waals surface area contributed by atoms with Crippen molar-refractivity contribution in [3.63, 3.8) is 0 Å². The molecular formula is C16H16ClN3O. The van der Waals surface area contributed by atoms with E-state index in [4.69, 9.17) is 16.4 Å². The van der Waals surface area contributed by atoms with Crippen molar-refractivity contribution >= 4 is 17.3 Å². The first-order valence-electron chi connectivity index (χ1n) is 6.90. The zero-order valence-corrected chi connectivity index (χ0v) is 12.8. The van der Waals surface area contributed by atoms with Crippen molar-refractivity contribution in [3.8, 4) is 11.3 Å². The van der Waals surface area contributed by atoms with Crippen LogP contribution in [0.3, 0.4) is 0 Å². The molecule has 2 aromatic rings.